The number of amides is 2. The van der Waals surface area contributed by atoms with Gasteiger partial charge in [-0.3, -0.25) is 4.79 Å². The number of hydrogen-bond acceptors (Lipinski definition) is 4. The lowest BCUT2D eigenvalue weighted by atomic mass is 9.98. The van der Waals surface area contributed by atoms with Crippen LogP contribution >= 0.6 is 0 Å². The van der Waals surface area contributed by atoms with Crippen molar-refractivity contribution in [1.82, 2.24) is 5.32 Å². The van der Waals surface area contributed by atoms with Crippen LogP contribution in [0.2, 0.25) is 0 Å². The number of aromatic carboxylic acids is 1. The van der Waals surface area contributed by atoms with Crippen LogP contribution in [0, 0.1) is 5.92 Å². The third-order valence-corrected chi connectivity index (χ3v) is 6.87. The van der Waals surface area contributed by atoms with Crippen molar-refractivity contribution in [2.45, 2.75) is 31.2 Å². The van der Waals surface area contributed by atoms with Crippen molar-refractivity contribution < 1.29 is 24.2 Å². The number of benzene rings is 3. The highest BCUT2D eigenvalue weighted by molar-refractivity contribution is 5.94. The van der Waals surface area contributed by atoms with E-state index in [9.17, 15) is 14.4 Å². The predicted octanol–water partition coefficient (Wildman–Crippen LogP) is 5.03. The maximum absolute atomic E-state index is 12.6. The molecule has 1 saturated carbocycles. The molecule has 7 nitrogen and oxygen atoms in total. The molecule has 0 heterocycles. The van der Waals surface area contributed by atoms with Gasteiger partial charge in [0, 0.05) is 23.6 Å². The number of anilines is 1. The molecule has 0 aromatic heterocycles. The van der Waals surface area contributed by atoms with E-state index >= 15 is 0 Å². The standard InChI is InChI=1S/C28H26N2O5/c31-26(29-19-12-9-17(10-13-19)27(32)33)18-11-14-20(15-18)30-28(34)35-16-25-23-7-3-1-5-21(23)22-6-2-4-8-24(22)25/h1-10,12-13,18,20,25H,11,14-16H2,(H,29,31)(H,30,34)(H,32,33)/t18-,20+/m0/s1. The minimum Gasteiger partial charge on any atom is -0.478 e. The van der Waals surface area contributed by atoms with Crippen LogP contribution < -0.4 is 10.6 Å². The van der Waals surface area contributed by atoms with Gasteiger partial charge in [0.25, 0.3) is 0 Å². The molecule has 3 aromatic rings. The zero-order valence-corrected chi connectivity index (χ0v) is 19.1. The van der Waals surface area contributed by atoms with E-state index in [0.29, 0.717) is 24.9 Å². The Balaban J connectivity index is 1.13. The molecular formula is C28H26N2O5. The van der Waals surface area contributed by atoms with Gasteiger partial charge in [-0.25, -0.2) is 9.59 Å². The maximum Gasteiger partial charge on any atom is 0.407 e. The fourth-order valence-corrected chi connectivity index (χ4v) is 5.10. The SMILES string of the molecule is O=C(N[C@@H]1CC[C@H](C(=O)Nc2ccc(C(=O)O)cc2)C1)OCC1c2ccccc2-c2ccccc21. The van der Waals surface area contributed by atoms with Gasteiger partial charge in [0.1, 0.15) is 6.61 Å². The van der Waals surface area contributed by atoms with Crippen LogP contribution in [0.5, 0.6) is 0 Å². The van der Waals surface area contributed by atoms with Crippen molar-refractivity contribution >= 4 is 23.7 Å². The summed E-state index contributed by atoms with van der Waals surface area (Å²) in [6.45, 7) is 0.253. The average Bonchev–Trinajstić information content (AvgIpc) is 3.46. The van der Waals surface area contributed by atoms with Crippen LogP contribution in [0.3, 0.4) is 0 Å². The first-order valence-corrected chi connectivity index (χ1v) is 11.8. The minimum absolute atomic E-state index is 0.00256. The van der Waals surface area contributed by atoms with Crippen LogP contribution in [0.15, 0.2) is 72.8 Å². The number of hydrogen-bond donors (Lipinski definition) is 3. The largest absolute Gasteiger partial charge is 0.478 e. The van der Waals surface area contributed by atoms with Gasteiger partial charge in [-0.2, -0.15) is 0 Å². The van der Waals surface area contributed by atoms with Crippen molar-refractivity contribution in [3.8, 4) is 11.1 Å². The third-order valence-electron chi connectivity index (χ3n) is 6.87. The van der Waals surface area contributed by atoms with Crippen molar-refractivity contribution in [1.29, 1.82) is 0 Å². The molecule has 2 aliphatic carbocycles. The Kier molecular flexibility index (Phi) is 6.23. The monoisotopic (exact) mass is 470 g/mol. The smallest absolute Gasteiger partial charge is 0.407 e. The summed E-state index contributed by atoms with van der Waals surface area (Å²) >= 11 is 0. The minimum atomic E-state index is -1.01. The van der Waals surface area contributed by atoms with Gasteiger partial charge in [0.05, 0.1) is 5.56 Å². The average molecular weight is 471 g/mol. The number of ether oxygens (including phenoxy) is 1. The molecule has 3 aromatic carbocycles. The molecule has 7 heteroatoms. The van der Waals surface area contributed by atoms with Crippen molar-refractivity contribution in [3.63, 3.8) is 0 Å². The highest BCUT2D eigenvalue weighted by Crippen LogP contribution is 2.44. The first-order chi connectivity index (χ1) is 17.0. The van der Waals surface area contributed by atoms with Gasteiger partial charge in [-0.15, -0.1) is 0 Å². The fraction of sp³-hybridized carbons (Fsp3) is 0.250. The lowest BCUT2D eigenvalue weighted by Crippen LogP contribution is -2.35. The van der Waals surface area contributed by atoms with E-state index in [0.717, 1.165) is 11.1 Å². The normalized spacial score (nSPS) is 18.4. The second-order valence-corrected chi connectivity index (χ2v) is 9.05. The van der Waals surface area contributed by atoms with Crippen molar-refractivity contribution in [2.75, 3.05) is 11.9 Å². The van der Waals surface area contributed by atoms with Crippen molar-refractivity contribution in [3.05, 3.63) is 89.5 Å². The molecule has 1 fully saturated rings. The van der Waals surface area contributed by atoms with Gasteiger partial charge >= 0.3 is 12.1 Å². The summed E-state index contributed by atoms with van der Waals surface area (Å²) in [4.78, 5) is 36.1. The van der Waals surface area contributed by atoms with E-state index in [4.69, 9.17) is 9.84 Å². The van der Waals surface area contributed by atoms with Gasteiger partial charge < -0.3 is 20.5 Å². The Morgan fingerprint density at radius 3 is 2.11 bits per heavy atom. The van der Waals surface area contributed by atoms with E-state index in [-0.39, 0.29) is 36.0 Å². The first-order valence-electron chi connectivity index (χ1n) is 11.8. The van der Waals surface area contributed by atoms with Crippen molar-refractivity contribution in [2.24, 2.45) is 5.92 Å². The Hall–Kier alpha value is -4.13. The van der Waals surface area contributed by atoms with E-state index in [1.807, 2.05) is 24.3 Å². The molecule has 0 unspecified atom stereocenters. The summed E-state index contributed by atoms with van der Waals surface area (Å²) < 4.78 is 5.62. The topological polar surface area (TPSA) is 105 Å². The van der Waals surface area contributed by atoms with Gasteiger partial charge in [0.15, 0.2) is 0 Å². The molecule has 2 atom stereocenters. The molecule has 0 saturated heterocycles. The predicted molar refractivity (Wildman–Crippen MR) is 131 cm³/mol. The van der Waals surface area contributed by atoms with Gasteiger partial charge in [0.2, 0.25) is 5.91 Å². The van der Waals surface area contributed by atoms with Gasteiger partial charge in [-0.1, -0.05) is 48.5 Å². The Morgan fingerprint density at radius 2 is 1.49 bits per heavy atom. The van der Waals surface area contributed by atoms with Crippen LogP contribution in [0.4, 0.5) is 10.5 Å². The highest BCUT2D eigenvalue weighted by atomic mass is 16.5. The molecule has 0 bridgehead atoms. The summed E-state index contributed by atoms with van der Waals surface area (Å²) in [6, 6.07) is 22.3. The number of nitrogens with one attached hydrogen (secondary N) is 2. The summed E-state index contributed by atoms with van der Waals surface area (Å²) in [5, 5.41) is 14.7. The third kappa shape index (κ3) is 4.75. The highest BCUT2D eigenvalue weighted by Gasteiger charge is 2.32. The molecule has 2 amide bonds. The zero-order valence-electron chi connectivity index (χ0n) is 19.1. The second-order valence-electron chi connectivity index (χ2n) is 9.05. The second kappa shape index (κ2) is 9.62. The molecule has 0 radical (unpaired) electrons. The molecule has 35 heavy (non-hydrogen) atoms. The summed E-state index contributed by atoms with van der Waals surface area (Å²) in [5.74, 6) is -1.37. The molecule has 3 N–H and O–H groups in total. The fourth-order valence-electron chi connectivity index (χ4n) is 5.10. The quantitative estimate of drug-likeness (QED) is 0.469. The van der Waals surface area contributed by atoms with E-state index in [2.05, 4.69) is 34.9 Å². The maximum atomic E-state index is 12.6. The molecule has 2 aliphatic rings. The first kappa shape index (κ1) is 22.7. The van der Waals surface area contributed by atoms with Crippen LogP contribution in [0.1, 0.15) is 46.7 Å². The summed E-state index contributed by atoms with van der Waals surface area (Å²) in [6.07, 6.45) is 1.42. The number of alkyl carbamates (subject to hydrolysis) is 1. The molecule has 0 aliphatic heterocycles. The molecule has 5 rings (SSSR count). The number of fused-ring (bicyclic) bond motifs is 3. The Morgan fingerprint density at radius 1 is 0.857 bits per heavy atom. The number of carboxylic acids is 1. The number of carbonyl (C=O) groups excluding carboxylic acids is 2. The number of rotatable bonds is 6. The lowest BCUT2D eigenvalue weighted by Gasteiger charge is -2.17. The molecular weight excluding hydrogens is 444 g/mol. The van der Waals surface area contributed by atoms with Gasteiger partial charge in [-0.05, 0) is 65.8 Å². The van der Waals surface area contributed by atoms with Crippen LogP contribution in [0.25, 0.3) is 11.1 Å². The molecule has 178 valence electrons. The number of carboxylic acid groups (broad SMARTS) is 1. The Bertz CT molecular complexity index is 1220. The van der Waals surface area contributed by atoms with Crippen LogP contribution in [-0.4, -0.2) is 35.7 Å². The zero-order chi connectivity index (χ0) is 24.4. The summed E-state index contributed by atoms with van der Waals surface area (Å²) in [5.41, 5.74) is 5.40. The Labute approximate surface area is 203 Å². The molecule has 0 spiro atoms. The number of carbonyl (C=O) groups is 3. The summed E-state index contributed by atoms with van der Waals surface area (Å²) in [7, 11) is 0. The lowest BCUT2D eigenvalue weighted by molar-refractivity contribution is -0.119. The van der Waals surface area contributed by atoms with E-state index in [1.165, 1.54) is 23.3 Å². The van der Waals surface area contributed by atoms with E-state index < -0.39 is 12.1 Å². The van der Waals surface area contributed by atoms with Crippen LogP contribution in [-0.2, 0) is 9.53 Å². The van der Waals surface area contributed by atoms with E-state index in [1.54, 1.807) is 12.1 Å².